The summed E-state index contributed by atoms with van der Waals surface area (Å²) < 4.78 is 13.1. The average Bonchev–Trinajstić information content (AvgIpc) is 3.43. The van der Waals surface area contributed by atoms with Gasteiger partial charge in [0, 0.05) is 23.5 Å². The molecule has 1 heterocycles. The normalized spacial score (nSPS) is 13.4. The van der Waals surface area contributed by atoms with Crippen LogP contribution in [0.15, 0.2) is 60.0 Å². The second-order valence-corrected chi connectivity index (χ2v) is 7.58. The fourth-order valence-corrected chi connectivity index (χ4v) is 3.67. The Kier molecular flexibility index (Phi) is 5.16. The summed E-state index contributed by atoms with van der Waals surface area (Å²) in [6.07, 6.45) is 2.04. The molecule has 4 rings (SSSR count). The van der Waals surface area contributed by atoms with Gasteiger partial charge in [-0.3, -0.25) is 0 Å². The number of nitrogens with one attached hydrogen (secondary N) is 1. The van der Waals surface area contributed by atoms with Gasteiger partial charge in [-0.15, -0.1) is 11.3 Å². The van der Waals surface area contributed by atoms with Crippen LogP contribution in [0.4, 0.5) is 9.18 Å². The van der Waals surface area contributed by atoms with Crippen LogP contribution in [0.2, 0.25) is 0 Å². The van der Waals surface area contributed by atoms with Crippen LogP contribution in [0.25, 0.3) is 11.3 Å². The summed E-state index contributed by atoms with van der Waals surface area (Å²) in [4.78, 5) is 19.1. The Balaban J connectivity index is 1.37. The summed E-state index contributed by atoms with van der Waals surface area (Å²) in [7, 11) is 0. The van der Waals surface area contributed by atoms with Crippen molar-refractivity contribution in [2.45, 2.75) is 32.0 Å². The van der Waals surface area contributed by atoms with Crippen molar-refractivity contribution in [1.82, 2.24) is 15.2 Å². The molecule has 0 radical (unpaired) electrons. The Bertz CT molecular complexity index is 907. The first kappa shape index (κ1) is 17.7. The molecule has 1 saturated carbocycles. The molecule has 1 N–H and O–H groups in total. The second-order valence-electron chi connectivity index (χ2n) is 6.64. The predicted molar refractivity (Wildman–Crippen MR) is 105 cm³/mol. The lowest BCUT2D eigenvalue weighted by Gasteiger charge is -2.22. The number of aromatic nitrogens is 1. The van der Waals surface area contributed by atoms with Gasteiger partial charge in [0.25, 0.3) is 0 Å². The number of amides is 2. The summed E-state index contributed by atoms with van der Waals surface area (Å²) in [5.41, 5.74) is 2.93. The molecule has 6 heteroatoms. The molecule has 3 aromatic rings. The van der Waals surface area contributed by atoms with Gasteiger partial charge in [-0.05, 0) is 30.5 Å². The number of benzene rings is 2. The number of carbonyl (C=O) groups excluding carboxylic acids is 1. The van der Waals surface area contributed by atoms with Gasteiger partial charge in [0.05, 0.1) is 12.2 Å². The molecule has 0 bridgehead atoms. The minimum Gasteiger partial charge on any atom is -0.331 e. The van der Waals surface area contributed by atoms with Gasteiger partial charge in [0.1, 0.15) is 10.8 Å². The quantitative estimate of drug-likeness (QED) is 0.665. The van der Waals surface area contributed by atoms with E-state index >= 15 is 0 Å². The third-order valence-electron chi connectivity index (χ3n) is 4.53. The number of halogens is 1. The van der Waals surface area contributed by atoms with E-state index in [4.69, 9.17) is 0 Å². The molecule has 2 aromatic carbocycles. The molecule has 0 spiro atoms. The molecule has 0 saturated heterocycles. The van der Waals surface area contributed by atoms with Crippen LogP contribution in [-0.2, 0) is 13.1 Å². The van der Waals surface area contributed by atoms with E-state index in [1.165, 1.54) is 12.1 Å². The zero-order valence-electron chi connectivity index (χ0n) is 14.8. The Hall–Kier alpha value is -2.73. The van der Waals surface area contributed by atoms with Crippen molar-refractivity contribution >= 4 is 17.4 Å². The molecule has 27 heavy (non-hydrogen) atoms. The SMILES string of the molecule is O=C(NCc1nc(-c2ccccc2)cs1)N(Cc1ccc(F)cc1)C1CC1. The van der Waals surface area contributed by atoms with Crippen LogP contribution in [-0.4, -0.2) is 22.0 Å². The number of thiazole rings is 1. The van der Waals surface area contributed by atoms with Gasteiger partial charge < -0.3 is 10.2 Å². The van der Waals surface area contributed by atoms with E-state index in [-0.39, 0.29) is 17.9 Å². The van der Waals surface area contributed by atoms with Gasteiger partial charge >= 0.3 is 6.03 Å². The number of urea groups is 1. The number of rotatable bonds is 6. The molecule has 1 aliphatic carbocycles. The van der Waals surface area contributed by atoms with E-state index < -0.39 is 0 Å². The molecule has 1 aromatic heterocycles. The molecular weight excluding hydrogens is 361 g/mol. The molecule has 1 fully saturated rings. The van der Waals surface area contributed by atoms with Crippen molar-refractivity contribution in [3.8, 4) is 11.3 Å². The van der Waals surface area contributed by atoms with E-state index in [0.29, 0.717) is 13.1 Å². The lowest BCUT2D eigenvalue weighted by atomic mass is 10.2. The van der Waals surface area contributed by atoms with Gasteiger partial charge in [-0.25, -0.2) is 14.2 Å². The molecular formula is C21H20FN3OS. The fourth-order valence-electron chi connectivity index (χ4n) is 2.93. The number of carbonyl (C=O) groups is 1. The Morgan fingerprint density at radius 2 is 1.89 bits per heavy atom. The lowest BCUT2D eigenvalue weighted by molar-refractivity contribution is 0.191. The van der Waals surface area contributed by atoms with Gasteiger partial charge in [0.15, 0.2) is 0 Å². The first-order valence-corrected chi connectivity index (χ1v) is 9.86. The highest BCUT2D eigenvalue weighted by atomic mass is 32.1. The summed E-state index contributed by atoms with van der Waals surface area (Å²) >= 11 is 1.54. The molecule has 0 atom stereocenters. The Morgan fingerprint density at radius 1 is 1.15 bits per heavy atom. The maximum atomic E-state index is 13.1. The van der Waals surface area contributed by atoms with Crippen molar-refractivity contribution in [3.63, 3.8) is 0 Å². The van der Waals surface area contributed by atoms with E-state index in [9.17, 15) is 9.18 Å². The van der Waals surface area contributed by atoms with Crippen molar-refractivity contribution in [2.75, 3.05) is 0 Å². The van der Waals surface area contributed by atoms with Crippen molar-refractivity contribution < 1.29 is 9.18 Å². The summed E-state index contributed by atoms with van der Waals surface area (Å²) in [5.74, 6) is -0.265. The minimum absolute atomic E-state index is 0.0988. The molecule has 1 aliphatic rings. The highest BCUT2D eigenvalue weighted by Gasteiger charge is 2.32. The fraction of sp³-hybridized carbons (Fsp3) is 0.238. The summed E-state index contributed by atoms with van der Waals surface area (Å²) in [6.45, 7) is 0.896. The average molecular weight is 381 g/mol. The van der Waals surface area contributed by atoms with Crippen LogP contribution >= 0.6 is 11.3 Å². The van der Waals surface area contributed by atoms with Gasteiger partial charge in [0.2, 0.25) is 0 Å². The Morgan fingerprint density at radius 3 is 2.59 bits per heavy atom. The third kappa shape index (κ3) is 4.52. The number of hydrogen-bond donors (Lipinski definition) is 1. The monoisotopic (exact) mass is 381 g/mol. The number of nitrogens with zero attached hydrogens (tertiary/aromatic N) is 2. The van der Waals surface area contributed by atoms with Crippen LogP contribution in [0, 0.1) is 5.82 Å². The van der Waals surface area contributed by atoms with Crippen molar-refractivity contribution in [3.05, 3.63) is 76.4 Å². The highest BCUT2D eigenvalue weighted by molar-refractivity contribution is 7.09. The first-order valence-electron chi connectivity index (χ1n) is 8.98. The van der Waals surface area contributed by atoms with Crippen LogP contribution in [0.1, 0.15) is 23.4 Å². The van der Waals surface area contributed by atoms with Crippen LogP contribution < -0.4 is 5.32 Å². The predicted octanol–water partition coefficient (Wildman–Crippen LogP) is 4.82. The van der Waals surface area contributed by atoms with E-state index in [0.717, 1.165) is 34.7 Å². The summed E-state index contributed by atoms with van der Waals surface area (Å²) in [5, 5.41) is 5.86. The molecule has 4 nitrogen and oxygen atoms in total. The second kappa shape index (κ2) is 7.88. The van der Waals surface area contributed by atoms with Gasteiger partial charge in [-0.1, -0.05) is 42.5 Å². The minimum atomic E-state index is -0.265. The van der Waals surface area contributed by atoms with E-state index in [1.807, 2.05) is 40.6 Å². The van der Waals surface area contributed by atoms with Gasteiger partial charge in [-0.2, -0.15) is 0 Å². The molecule has 138 valence electrons. The molecule has 2 amide bonds. The third-order valence-corrected chi connectivity index (χ3v) is 5.38. The maximum absolute atomic E-state index is 13.1. The van der Waals surface area contributed by atoms with Crippen molar-refractivity contribution in [1.29, 1.82) is 0 Å². The van der Waals surface area contributed by atoms with Crippen LogP contribution in [0.3, 0.4) is 0 Å². The standard InChI is InChI=1S/C21H20FN3OS/c22-17-8-6-15(7-9-17)13-25(18-10-11-18)21(26)23-12-20-24-19(14-27-20)16-4-2-1-3-5-16/h1-9,14,18H,10-13H2,(H,23,26). The molecule has 0 aliphatic heterocycles. The smallest absolute Gasteiger partial charge is 0.318 e. The van der Waals surface area contributed by atoms with E-state index in [2.05, 4.69) is 10.3 Å². The Labute approximate surface area is 161 Å². The molecule has 0 unspecified atom stereocenters. The largest absolute Gasteiger partial charge is 0.331 e. The van der Waals surface area contributed by atoms with E-state index in [1.54, 1.807) is 23.5 Å². The zero-order valence-corrected chi connectivity index (χ0v) is 15.6. The maximum Gasteiger partial charge on any atom is 0.318 e. The highest BCUT2D eigenvalue weighted by Crippen LogP contribution is 2.28. The number of hydrogen-bond acceptors (Lipinski definition) is 3. The van der Waals surface area contributed by atoms with Crippen LogP contribution in [0.5, 0.6) is 0 Å². The zero-order chi connectivity index (χ0) is 18.6. The lowest BCUT2D eigenvalue weighted by Crippen LogP contribution is -2.40. The first-order chi connectivity index (χ1) is 13.2. The summed E-state index contributed by atoms with van der Waals surface area (Å²) in [6, 6.07) is 16.5. The topological polar surface area (TPSA) is 45.2 Å². The van der Waals surface area contributed by atoms with Crippen molar-refractivity contribution in [2.24, 2.45) is 0 Å².